The van der Waals surface area contributed by atoms with Crippen LogP contribution in [0.25, 0.3) is 33.1 Å². The van der Waals surface area contributed by atoms with E-state index in [2.05, 4.69) is 40.1 Å². The first-order chi connectivity index (χ1) is 13.0. The summed E-state index contributed by atoms with van der Waals surface area (Å²) >= 11 is 1.84. The zero-order chi connectivity index (χ0) is 18.7. The van der Waals surface area contributed by atoms with Crippen LogP contribution in [0.3, 0.4) is 0 Å². The van der Waals surface area contributed by atoms with Crippen LogP contribution < -0.4 is 10.5 Å². The average Bonchev–Trinajstić information content (AvgIpc) is 3.00. The number of nitrogens with one attached hydrogen (secondary N) is 2. The van der Waals surface area contributed by atoms with Gasteiger partial charge in [-0.15, -0.1) is 11.8 Å². The Hall–Kier alpha value is -2.73. The molecule has 4 aromatic rings. The predicted octanol–water partition coefficient (Wildman–Crippen LogP) is 4.67. The van der Waals surface area contributed by atoms with E-state index >= 15 is 0 Å². The molecule has 2 aromatic carbocycles. The third-order valence-corrected chi connectivity index (χ3v) is 6.33. The minimum atomic E-state index is -0.320. The fraction of sp³-hybridized carbons (Fsp3) is 0.190. The van der Waals surface area contributed by atoms with Crippen molar-refractivity contribution < 1.29 is 4.39 Å². The molecule has 0 atom stereocenters. The highest BCUT2D eigenvalue weighted by Crippen LogP contribution is 2.39. The smallest absolute Gasteiger partial charge is 0.252 e. The standard InChI is InChI=1S/C21H18FN3OS/c1-11-18(12-3-6-16-17(9-12)27-8-7-25(16)2)20-19(24-21(11)26)14-10-13(22)4-5-15(14)23-20/h3-6,9-10,23H,7-8H2,1-2H3,(H,24,26). The molecule has 2 N–H and O–H groups in total. The van der Waals surface area contributed by atoms with Gasteiger partial charge in [0.2, 0.25) is 0 Å². The highest BCUT2D eigenvalue weighted by atomic mass is 32.2. The number of aromatic amines is 2. The van der Waals surface area contributed by atoms with Crippen LogP contribution in [0, 0.1) is 12.7 Å². The van der Waals surface area contributed by atoms with E-state index in [0.717, 1.165) is 34.5 Å². The van der Waals surface area contributed by atoms with Crippen LogP contribution in [0.2, 0.25) is 0 Å². The molecule has 27 heavy (non-hydrogen) atoms. The largest absolute Gasteiger partial charge is 0.373 e. The number of hydrogen-bond acceptors (Lipinski definition) is 3. The summed E-state index contributed by atoms with van der Waals surface area (Å²) in [6.07, 6.45) is 0. The number of aromatic nitrogens is 2. The Morgan fingerprint density at radius 3 is 2.81 bits per heavy atom. The SMILES string of the molecule is Cc1c(-c2ccc3c(c2)SCCN3C)c2[nH]c3ccc(F)cc3c2[nH]c1=O. The van der Waals surface area contributed by atoms with Crippen molar-refractivity contribution in [2.45, 2.75) is 11.8 Å². The predicted molar refractivity (Wildman–Crippen MR) is 111 cm³/mol. The molecule has 2 aromatic heterocycles. The summed E-state index contributed by atoms with van der Waals surface area (Å²) in [4.78, 5) is 22.4. The van der Waals surface area contributed by atoms with Crippen molar-refractivity contribution in [3.05, 3.63) is 58.1 Å². The van der Waals surface area contributed by atoms with E-state index in [-0.39, 0.29) is 11.4 Å². The Labute approximate surface area is 159 Å². The van der Waals surface area contributed by atoms with Crippen LogP contribution in [-0.4, -0.2) is 29.3 Å². The van der Waals surface area contributed by atoms with Crippen LogP contribution in [0.1, 0.15) is 5.56 Å². The first-order valence-electron chi connectivity index (χ1n) is 8.85. The molecule has 0 spiro atoms. The zero-order valence-corrected chi connectivity index (χ0v) is 15.8. The number of hydrogen-bond donors (Lipinski definition) is 2. The summed E-state index contributed by atoms with van der Waals surface area (Å²) < 4.78 is 13.8. The van der Waals surface area contributed by atoms with Crippen LogP contribution in [0.5, 0.6) is 0 Å². The molecular formula is C21H18FN3OS. The highest BCUT2D eigenvalue weighted by molar-refractivity contribution is 7.99. The summed E-state index contributed by atoms with van der Waals surface area (Å²) in [6.45, 7) is 2.86. The van der Waals surface area contributed by atoms with Gasteiger partial charge in [-0.2, -0.15) is 0 Å². The molecular weight excluding hydrogens is 361 g/mol. The molecule has 0 saturated heterocycles. The Morgan fingerprint density at radius 2 is 1.96 bits per heavy atom. The average molecular weight is 379 g/mol. The van der Waals surface area contributed by atoms with E-state index < -0.39 is 0 Å². The molecule has 0 saturated carbocycles. The van der Waals surface area contributed by atoms with E-state index in [1.807, 2.05) is 18.7 Å². The fourth-order valence-corrected chi connectivity index (χ4v) is 5.03. The number of rotatable bonds is 1. The highest BCUT2D eigenvalue weighted by Gasteiger charge is 2.19. The molecule has 5 rings (SSSR count). The topological polar surface area (TPSA) is 51.9 Å². The number of fused-ring (bicyclic) bond motifs is 4. The van der Waals surface area contributed by atoms with Crippen LogP contribution in [0.15, 0.2) is 46.1 Å². The molecule has 0 aliphatic carbocycles. The summed E-state index contributed by atoms with van der Waals surface area (Å²) in [7, 11) is 2.10. The molecule has 0 radical (unpaired) electrons. The second-order valence-electron chi connectivity index (χ2n) is 6.97. The quantitative estimate of drug-likeness (QED) is 0.505. The van der Waals surface area contributed by atoms with Gasteiger partial charge in [0.25, 0.3) is 5.56 Å². The summed E-state index contributed by atoms with van der Waals surface area (Å²) in [6, 6.07) is 10.9. The zero-order valence-electron chi connectivity index (χ0n) is 15.0. The van der Waals surface area contributed by atoms with Crippen molar-refractivity contribution >= 4 is 39.4 Å². The van der Waals surface area contributed by atoms with Gasteiger partial charge in [-0.3, -0.25) is 4.79 Å². The van der Waals surface area contributed by atoms with Crippen molar-refractivity contribution in [3.63, 3.8) is 0 Å². The van der Waals surface area contributed by atoms with E-state index in [9.17, 15) is 9.18 Å². The first-order valence-corrected chi connectivity index (χ1v) is 9.83. The third-order valence-electron chi connectivity index (χ3n) is 5.31. The summed E-state index contributed by atoms with van der Waals surface area (Å²) in [5, 5.41) is 0.690. The number of thioether (sulfide) groups is 1. The number of pyridine rings is 1. The van der Waals surface area contributed by atoms with Gasteiger partial charge in [-0.05, 0) is 42.8 Å². The molecule has 0 unspecified atom stereocenters. The Morgan fingerprint density at radius 1 is 1.11 bits per heavy atom. The van der Waals surface area contributed by atoms with Crippen LogP contribution in [0.4, 0.5) is 10.1 Å². The fourth-order valence-electron chi connectivity index (χ4n) is 3.86. The minimum Gasteiger partial charge on any atom is -0.373 e. The third kappa shape index (κ3) is 2.47. The van der Waals surface area contributed by atoms with Gasteiger partial charge in [0.05, 0.1) is 16.7 Å². The van der Waals surface area contributed by atoms with Crippen molar-refractivity contribution in [2.24, 2.45) is 0 Å². The molecule has 0 fully saturated rings. The molecule has 4 nitrogen and oxygen atoms in total. The molecule has 0 bridgehead atoms. The van der Waals surface area contributed by atoms with Crippen LogP contribution >= 0.6 is 11.8 Å². The van der Waals surface area contributed by atoms with Crippen molar-refractivity contribution in [3.8, 4) is 11.1 Å². The Bertz CT molecular complexity index is 1270. The maximum atomic E-state index is 13.8. The normalized spacial score (nSPS) is 14.1. The maximum Gasteiger partial charge on any atom is 0.252 e. The molecule has 3 heterocycles. The lowest BCUT2D eigenvalue weighted by Gasteiger charge is -2.27. The minimum absolute atomic E-state index is 0.148. The van der Waals surface area contributed by atoms with Crippen molar-refractivity contribution in [1.82, 2.24) is 9.97 Å². The Balaban J connectivity index is 1.84. The first kappa shape index (κ1) is 16.4. The van der Waals surface area contributed by atoms with Gasteiger partial charge in [0.1, 0.15) is 5.82 Å². The molecule has 6 heteroatoms. The molecule has 136 valence electrons. The van der Waals surface area contributed by atoms with Gasteiger partial charge in [0, 0.05) is 46.3 Å². The van der Waals surface area contributed by atoms with Gasteiger partial charge < -0.3 is 14.9 Å². The van der Waals surface area contributed by atoms with Gasteiger partial charge in [-0.1, -0.05) is 6.07 Å². The second-order valence-corrected chi connectivity index (χ2v) is 8.11. The van der Waals surface area contributed by atoms with E-state index in [0.29, 0.717) is 16.5 Å². The van der Waals surface area contributed by atoms with Gasteiger partial charge in [0.15, 0.2) is 0 Å². The second kappa shape index (κ2) is 5.89. The lowest BCUT2D eigenvalue weighted by Crippen LogP contribution is -2.24. The number of H-pyrrole nitrogens is 2. The molecule has 0 amide bonds. The number of halogens is 1. The van der Waals surface area contributed by atoms with E-state index in [4.69, 9.17) is 0 Å². The number of anilines is 1. The monoisotopic (exact) mass is 379 g/mol. The lowest BCUT2D eigenvalue weighted by molar-refractivity contribution is 0.630. The van der Waals surface area contributed by atoms with Crippen LogP contribution in [-0.2, 0) is 0 Å². The van der Waals surface area contributed by atoms with E-state index in [1.165, 1.54) is 22.7 Å². The van der Waals surface area contributed by atoms with Gasteiger partial charge >= 0.3 is 0 Å². The maximum absolute atomic E-state index is 13.8. The van der Waals surface area contributed by atoms with Crippen molar-refractivity contribution in [2.75, 3.05) is 24.2 Å². The summed E-state index contributed by atoms with van der Waals surface area (Å²) in [5.41, 5.74) is 5.89. The Kier molecular flexibility index (Phi) is 3.59. The van der Waals surface area contributed by atoms with E-state index in [1.54, 1.807) is 6.07 Å². The molecule has 1 aliphatic rings. The lowest BCUT2D eigenvalue weighted by atomic mass is 9.99. The summed E-state index contributed by atoms with van der Waals surface area (Å²) in [5.74, 6) is 0.724. The van der Waals surface area contributed by atoms with Gasteiger partial charge in [-0.25, -0.2) is 4.39 Å². The number of benzene rings is 2. The molecule has 1 aliphatic heterocycles. The van der Waals surface area contributed by atoms with Crippen molar-refractivity contribution in [1.29, 1.82) is 0 Å². The number of nitrogens with zero attached hydrogens (tertiary/aromatic N) is 1.